The van der Waals surface area contributed by atoms with Crippen molar-refractivity contribution >= 4 is 38.7 Å². The fraction of sp³-hybridized carbons (Fsp3) is 0.636. The van der Waals surface area contributed by atoms with Gasteiger partial charge in [0.2, 0.25) is 11.8 Å². The van der Waals surface area contributed by atoms with Gasteiger partial charge in [0.1, 0.15) is 16.5 Å². The van der Waals surface area contributed by atoms with Crippen LogP contribution in [0.15, 0.2) is 27.6 Å². The second kappa shape index (κ2) is 8.34. The van der Waals surface area contributed by atoms with Crippen LogP contribution in [0.25, 0.3) is 0 Å². The highest BCUT2D eigenvalue weighted by molar-refractivity contribution is 9.10. The number of halogens is 4. The topological polar surface area (TPSA) is 101 Å². The fourth-order valence-electron chi connectivity index (χ4n) is 6.05. The molecule has 0 aromatic heterocycles. The molecule has 4 aliphatic carbocycles. The molecule has 3 atom stereocenters. The molecule has 4 N–H and O–H groups in total. The lowest BCUT2D eigenvalue weighted by Crippen LogP contribution is -2.64. The summed E-state index contributed by atoms with van der Waals surface area (Å²) >= 11 is 3.14. The van der Waals surface area contributed by atoms with E-state index >= 15 is 0 Å². The Kier molecular flexibility index (Phi) is 6.23. The minimum absolute atomic E-state index is 0.0938. The number of hydrogen-bond acceptors (Lipinski definition) is 3. The summed E-state index contributed by atoms with van der Waals surface area (Å²) in [7, 11) is -2.07. The van der Waals surface area contributed by atoms with Crippen LogP contribution in [-0.2, 0) is 26.8 Å². The van der Waals surface area contributed by atoms with Crippen LogP contribution < -0.4 is 15.8 Å². The summed E-state index contributed by atoms with van der Waals surface area (Å²) in [6.07, 6.45) is -0.544. The summed E-state index contributed by atoms with van der Waals surface area (Å²) in [5.74, 6) is 0.124. The van der Waals surface area contributed by atoms with Crippen molar-refractivity contribution in [1.29, 1.82) is 0 Å². The number of nitrogens with two attached hydrogens (primary N) is 1. The normalized spacial score (nSPS) is 31.9. The average Bonchev–Trinajstić information content (AvgIpc) is 2.68. The molecule has 4 saturated carbocycles. The first-order valence-corrected chi connectivity index (χ1v) is 12.8. The summed E-state index contributed by atoms with van der Waals surface area (Å²) in [4.78, 5) is 25.2. The SMILES string of the molecule is CC(C)(NS(=O)c1cc(C(F)(F)F)ccc1Br)C(=O)NC1C2CC3CC1CC(C(N)=O)(C3)C2. The van der Waals surface area contributed by atoms with Crippen molar-refractivity contribution in [1.82, 2.24) is 10.0 Å². The molecule has 6 nitrogen and oxygen atoms in total. The number of alkyl halides is 3. The Bertz CT molecular complexity index is 1000. The molecule has 0 radical (unpaired) electrons. The van der Waals surface area contributed by atoms with Crippen LogP contribution in [0.3, 0.4) is 0 Å². The molecule has 2 amide bonds. The van der Waals surface area contributed by atoms with Gasteiger partial charge in [-0.25, -0.2) is 8.93 Å². The van der Waals surface area contributed by atoms with E-state index in [1.54, 1.807) is 13.8 Å². The van der Waals surface area contributed by atoms with Crippen molar-refractivity contribution in [3.05, 3.63) is 28.2 Å². The Labute approximate surface area is 201 Å². The third-order valence-electron chi connectivity index (χ3n) is 7.47. The van der Waals surface area contributed by atoms with Gasteiger partial charge in [-0.15, -0.1) is 0 Å². The van der Waals surface area contributed by atoms with Gasteiger partial charge in [-0.05, 0) is 97.8 Å². The number of nitrogens with one attached hydrogen (secondary N) is 2. The van der Waals surface area contributed by atoms with Crippen molar-refractivity contribution in [2.75, 3.05) is 0 Å². The van der Waals surface area contributed by atoms with Gasteiger partial charge in [-0.2, -0.15) is 13.2 Å². The molecular formula is C22H27BrF3N3O3S. The summed E-state index contributed by atoms with van der Waals surface area (Å²) in [6.45, 7) is 3.09. The maximum atomic E-state index is 13.2. The van der Waals surface area contributed by atoms with E-state index in [2.05, 4.69) is 26.0 Å². The van der Waals surface area contributed by atoms with Crippen LogP contribution >= 0.6 is 15.9 Å². The van der Waals surface area contributed by atoms with Gasteiger partial charge in [0.25, 0.3) is 0 Å². The second-order valence-corrected chi connectivity index (χ2v) is 12.3. The molecule has 0 heterocycles. The van der Waals surface area contributed by atoms with Crippen LogP contribution in [-0.4, -0.2) is 27.6 Å². The monoisotopic (exact) mass is 549 g/mol. The van der Waals surface area contributed by atoms with Gasteiger partial charge in [-0.3, -0.25) is 9.59 Å². The molecule has 4 fully saturated rings. The van der Waals surface area contributed by atoms with Crippen LogP contribution in [0.5, 0.6) is 0 Å². The van der Waals surface area contributed by atoms with Gasteiger partial charge in [0.05, 0.1) is 10.5 Å². The lowest BCUT2D eigenvalue weighted by Gasteiger charge is -2.59. The summed E-state index contributed by atoms with van der Waals surface area (Å²) in [5, 5.41) is 3.09. The molecule has 33 heavy (non-hydrogen) atoms. The first-order valence-electron chi connectivity index (χ1n) is 10.9. The Balaban J connectivity index is 1.46. The van der Waals surface area contributed by atoms with Crippen molar-refractivity contribution < 1.29 is 27.0 Å². The van der Waals surface area contributed by atoms with E-state index < -0.39 is 33.7 Å². The minimum Gasteiger partial charge on any atom is -0.369 e. The third kappa shape index (κ3) is 4.60. The number of amides is 2. The molecule has 11 heteroatoms. The van der Waals surface area contributed by atoms with Gasteiger partial charge >= 0.3 is 6.18 Å². The largest absolute Gasteiger partial charge is 0.416 e. The summed E-state index contributed by atoms with van der Waals surface area (Å²) in [6, 6.07) is 2.79. The molecular weight excluding hydrogens is 523 g/mol. The average molecular weight is 550 g/mol. The van der Waals surface area contributed by atoms with E-state index in [1.807, 2.05) is 0 Å². The van der Waals surface area contributed by atoms with Gasteiger partial charge < -0.3 is 11.1 Å². The van der Waals surface area contributed by atoms with Gasteiger partial charge in [0, 0.05) is 15.9 Å². The molecule has 4 aliphatic rings. The lowest BCUT2D eigenvalue weighted by atomic mass is 9.47. The zero-order valence-electron chi connectivity index (χ0n) is 18.3. The number of benzene rings is 1. The molecule has 4 bridgehead atoms. The van der Waals surface area contributed by atoms with E-state index in [1.165, 1.54) is 6.07 Å². The molecule has 0 aliphatic heterocycles. The maximum absolute atomic E-state index is 13.2. The highest BCUT2D eigenvalue weighted by Crippen LogP contribution is 2.60. The predicted molar refractivity (Wildman–Crippen MR) is 120 cm³/mol. The van der Waals surface area contributed by atoms with E-state index in [9.17, 15) is 27.0 Å². The molecule has 182 valence electrons. The van der Waals surface area contributed by atoms with Crippen LogP contribution in [0.4, 0.5) is 13.2 Å². The molecule has 0 saturated heterocycles. The zero-order valence-corrected chi connectivity index (χ0v) is 20.7. The Hall–Kier alpha value is -1.46. The van der Waals surface area contributed by atoms with Crippen LogP contribution in [0.1, 0.15) is 51.5 Å². The van der Waals surface area contributed by atoms with E-state index in [4.69, 9.17) is 5.73 Å². The molecule has 1 aromatic rings. The first kappa shape index (κ1) is 24.7. The fourth-order valence-corrected chi connectivity index (χ4v) is 7.88. The number of carbonyl (C=O) groups is 2. The van der Waals surface area contributed by atoms with Gasteiger partial charge in [-0.1, -0.05) is 0 Å². The number of rotatable bonds is 6. The smallest absolute Gasteiger partial charge is 0.369 e. The molecule has 5 rings (SSSR count). The number of carbonyl (C=O) groups excluding carboxylic acids is 2. The molecule has 1 aromatic carbocycles. The molecule has 3 unspecified atom stereocenters. The third-order valence-corrected chi connectivity index (χ3v) is 9.85. The van der Waals surface area contributed by atoms with Crippen LogP contribution in [0, 0.1) is 23.2 Å². The van der Waals surface area contributed by atoms with E-state index in [0.717, 1.165) is 31.4 Å². The highest BCUT2D eigenvalue weighted by Gasteiger charge is 2.58. The summed E-state index contributed by atoms with van der Waals surface area (Å²) < 4.78 is 55.1. The van der Waals surface area contributed by atoms with Gasteiger partial charge in [0.15, 0.2) is 0 Å². The van der Waals surface area contributed by atoms with Crippen molar-refractivity contribution in [3.8, 4) is 0 Å². The second-order valence-electron chi connectivity index (χ2n) is 10.3. The summed E-state index contributed by atoms with van der Waals surface area (Å²) in [5.41, 5.74) is 3.02. The predicted octanol–water partition coefficient (Wildman–Crippen LogP) is 3.66. The van der Waals surface area contributed by atoms with Crippen molar-refractivity contribution in [3.63, 3.8) is 0 Å². The quantitative estimate of drug-likeness (QED) is 0.504. The van der Waals surface area contributed by atoms with Crippen molar-refractivity contribution in [2.24, 2.45) is 28.9 Å². The van der Waals surface area contributed by atoms with Crippen LogP contribution in [0.2, 0.25) is 0 Å². The van der Waals surface area contributed by atoms with Crippen molar-refractivity contribution in [2.45, 2.75) is 68.6 Å². The number of hydrogen-bond donors (Lipinski definition) is 3. The zero-order chi connectivity index (χ0) is 24.3. The Morgan fingerprint density at radius 3 is 2.30 bits per heavy atom. The first-order chi connectivity index (χ1) is 15.2. The Morgan fingerprint density at radius 1 is 1.15 bits per heavy atom. The van der Waals surface area contributed by atoms with E-state index in [0.29, 0.717) is 18.8 Å². The number of primary amides is 1. The highest BCUT2D eigenvalue weighted by atomic mass is 79.9. The lowest BCUT2D eigenvalue weighted by molar-refractivity contribution is -0.148. The maximum Gasteiger partial charge on any atom is 0.416 e. The molecule has 0 spiro atoms. The minimum atomic E-state index is -4.58. The van der Waals surface area contributed by atoms with E-state index in [-0.39, 0.29) is 39.1 Å². The standard InChI is InChI=1S/C22H27BrF3N3O3S/c1-20(2,29-33(32)16-7-14(22(24,25)26)3-4-15(16)23)19(31)28-17-12-5-11-6-13(17)10-21(8-11,9-12)18(27)30/h3-4,7,11-13,17,29H,5-6,8-10H2,1-2H3,(H2,27,30)(H,28,31). The Morgan fingerprint density at radius 2 is 1.76 bits per heavy atom.